The number of carbonyl (C=O) groups excluding carboxylic acids is 1. The van der Waals surface area contributed by atoms with Crippen molar-refractivity contribution in [2.45, 2.75) is 31.8 Å². The van der Waals surface area contributed by atoms with Gasteiger partial charge in [-0.1, -0.05) is 11.3 Å². The van der Waals surface area contributed by atoms with Crippen LogP contribution in [0.4, 0.5) is 8.78 Å². The van der Waals surface area contributed by atoms with Crippen LogP contribution in [0, 0.1) is 11.6 Å². The van der Waals surface area contributed by atoms with Gasteiger partial charge in [0.1, 0.15) is 0 Å². The number of hydrogen-bond acceptors (Lipinski definition) is 4. The molecule has 1 amide bonds. The molecule has 1 aliphatic heterocycles. The van der Waals surface area contributed by atoms with Crippen LogP contribution in [-0.2, 0) is 0 Å². The molecule has 136 valence electrons. The molecule has 1 aromatic heterocycles. The lowest BCUT2D eigenvalue weighted by Gasteiger charge is -2.22. The minimum Gasteiger partial charge on any atom is -0.344 e. The summed E-state index contributed by atoms with van der Waals surface area (Å²) in [6.45, 7) is 3.53. The lowest BCUT2D eigenvalue weighted by Crippen LogP contribution is -2.29. The molecule has 6 nitrogen and oxygen atoms in total. The number of benzene rings is 1. The second-order valence-electron chi connectivity index (χ2n) is 5.93. The van der Waals surface area contributed by atoms with Crippen LogP contribution in [0.3, 0.4) is 0 Å². The maximum absolute atomic E-state index is 13.3. The van der Waals surface area contributed by atoms with E-state index in [1.165, 1.54) is 6.07 Å². The van der Waals surface area contributed by atoms with E-state index in [0.717, 1.165) is 38.1 Å². The molecule has 0 radical (unpaired) electrons. The van der Waals surface area contributed by atoms with Crippen LogP contribution >= 0.6 is 12.4 Å². The highest BCUT2D eigenvalue weighted by molar-refractivity contribution is 5.92. The van der Waals surface area contributed by atoms with E-state index in [0.29, 0.717) is 5.56 Å². The monoisotopic (exact) mass is 371 g/mol. The predicted octanol–water partition coefficient (Wildman–Crippen LogP) is 2.39. The van der Waals surface area contributed by atoms with E-state index < -0.39 is 23.6 Å². The predicted molar refractivity (Wildman–Crippen MR) is 90.6 cm³/mol. The molecule has 9 heteroatoms. The molecule has 1 fully saturated rings. The molecule has 1 saturated heterocycles. The average Bonchev–Trinajstić information content (AvgIpc) is 3.08. The molecule has 0 bridgehead atoms. The van der Waals surface area contributed by atoms with Crippen molar-refractivity contribution in [3.8, 4) is 0 Å². The fraction of sp³-hybridized carbons (Fsp3) is 0.438. The summed E-state index contributed by atoms with van der Waals surface area (Å²) < 4.78 is 28.0. The van der Waals surface area contributed by atoms with Crippen molar-refractivity contribution < 1.29 is 13.6 Å². The first-order valence-electron chi connectivity index (χ1n) is 7.93. The van der Waals surface area contributed by atoms with E-state index in [1.807, 2.05) is 0 Å². The molecular formula is C16H20ClF2N5O. The second kappa shape index (κ2) is 8.35. The Balaban J connectivity index is 0.00000225. The lowest BCUT2D eigenvalue weighted by atomic mass is 10.1. The Hall–Kier alpha value is -2.06. The Labute approximate surface area is 150 Å². The normalized spacial score (nSPS) is 16.1. The quantitative estimate of drug-likeness (QED) is 0.865. The summed E-state index contributed by atoms with van der Waals surface area (Å²) in [4.78, 5) is 12.3. The summed E-state index contributed by atoms with van der Waals surface area (Å²) >= 11 is 0. The van der Waals surface area contributed by atoms with E-state index in [9.17, 15) is 13.6 Å². The van der Waals surface area contributed by atoms with E-state index in [1.54, 1.807) is 17.8 Å². The third kappa shape index (κ3) is 4.52. The number of nitrogens with zero attached hydrogens (tertiary/aromatic N) is 3. The van der Waals surface area contributed by atoms with Crippen molar-refractivity contribution in [3.63, 3.8) is 0 Å². The Bertz CT molecular complexity index is 733. The van der Waals surface area contributed by atoms with Crippen LogP contribution in [0.2, 0.25) is 0 Å². The van der Waals surface area contributed by atoms with Crippen molar-refractivity contribution in [1.29, 1.82) is 0 Å². The number of piperidine rings is 1. The molecule has 1 unspecified atom stereocenters. The van der Waals surface area contributed by atoms with Crippen LogP contribution in [0.25, 0.3) is 0 Å². The Morgan fingerprint density at radius 1 is 1.32 bits per heavy atom. The summed E-state index contributed by atoms with van der Waals surface area (Å²) in [7, 11) is 0. The van der Waals surface area contributed by atoms with Crippen LogP contribution in [0.1, 0.15) is 47.9 Å². The zero-order chi connectivity index (χ0) is 17.1. The fourth-order valence-electron chi connectivity index (χ4n) is 2.77. The third-order valence-electron chi connectivity index (χ3n) is 4.22. The van der Waals surface area contributed by atoms with Crippen molar-refractivity contribution in [3.05, 3.63) is 47.3 Å². The van der Waals surface area contributed by atoms with Gasteiger partial charge in [0.05, 0.1) is 18.3 Å². The first-order valence-corrected chi connectivity index (χ1v) is 7.93. The standard InChI is InChI=1S/C16H19F2N5O.ClH/c1-10(11-2-3-13(17)14(18)8-11)20-16(24)15-9-23(22-21-15)12-4-6-19-7-5-12;/h2-3,8-10,12,19H,4-7H2,1H3,(H,20,24);1H. The first-order chi connectivity index (χ1) is 11.5. The van der Waals surface area contributed by atoms with Crippen molar-refractivity contribution in [2.75, 3.05) is 13.1 Å². The zero-order valence-corrected chi connectivity index (χ0v) is 14.5. The number of aromatic nitrogens is 3. The van der Waals surface area contributed by atoms with E-state index in [-0.39, 0.29) is 24.1 Å². The molecule has 1 aliphatic rings. The number of amides is 1. The average molecular weight is 372 g/mol. The summed E-state index contributed by atoms with van der Waals surface area (Å²) in [5, 5.41) is 13.9. The SMILES string of the molecule is CC(NC(=O)c1cn(C2CCNCC2)nn1)c1ccc(F)c(F)c1.Cl. The molecule has 2 heterocycles. The van der Waals surface area contributed by atoms with Crippen LogP contribution < -0.4 is 10.6 Å². The Kier molecular flexibility index (Phi) is 6.44. The van der Waals surface area contributed by atoms with Crippen LogP contribution in [0.15, 0.2) is 24.4 Å². The fourth-order valence-corrected chi connectivity index (χ4v) is 2.77. The minimum atomic E-state index is -0.939. The Morgan fingerprint density at radius 2 is 2.04 bits per heavy atom. The number of hydrogen-bond donors (Lipinski definition) is 2. The lowest BCUT2D eigenvalue weighted by molar-refractivity contribution is 0.0934. The van der Waals surface area contributed by atoms with Gasteiger partial charge < -0.3 is 10.6 Å². The number of rotatable bonds is 4. The largest absolute Gasteiger partial charge is 0.344 e. The molecule has 1 aromatic carbocycles. The topological polar surface area (TPSA) is 71.8 Å². The van der Waals surface area contributed by atoms with Gasteiger partial charge in [0.25, 0.3) is 5.91 Å². The smallest absolute Gasteiger partial charge is 0.273 e. The van der Waals surface area contributed by atoms with Crippen LogP contribution in [0.5, 0.6) is 0 Å². The molecular weight excluding hydrogens is 352 g/mol. The van der Waals surface area contributed by atoms with Gasteiger partial charge in [-0.2, -0.15) is 0 Å². The van der Waals surface area contributed by atoms with Crippen molar-refractivity contribution in [2.24, 2.45) is 0 Å². The summed E-state index contributed by atoms with van der Waals surface area (Å²) in [5.41, 5.74) is 0.691. The summed E-state index contributed by atoms with van der Waals surface area (Å²) in [6.07, 6.45) is 3.51. The molecule has 2 aromatic rings. The maximum Gasteiger partial charge on any atom is 0.273 e. The maximum atomic E-state index is 13.3. The first kappa shape index (κ1) is 19.3. The molecule has 2 N–H and O–H groups in total. The van der Waals surface area contributed by atoms with Gasteiger partial charge in [0, 0.05) is 0 Å². The van der Waals surface area contributed by atoms with E-state index in [4.69, 9.17) is 0 Å². The van der Waals surface area contributed by atoms with Gasteiger partial charge in [0.15, 0.2) is 17.3 Å². The van der Waals surface area contributed by atoms with Crippen molar-refractivity contribution in [1.82, 2.24) is 25.6 Å². The number of halogens is 3. The summed E-state index contributed by atoms with van der Waals surface area (Å²) in [5.74, 6) is -2.25. The van der Waals surface area contributed by atoms with Gasteiger partial charge >= 0.3 is 0 Å². The zero-order valence-electron chi connectivity index (χ0n) is 13.7. The number of carbonyl (C=O) groups is 1. The molecule has 3 rings (SSSR count). The summed E-state index contributed by atoms with van der Waals surface area (Å²) in [6, 6.07) is 3.32. The van der Waals surface area contributed by atoms with Crippen LogP contribution in [-0.4, -0.2) is 34.0 Å². The van der Waals surface area contributed by atoms with Gasteiger partial charge in [-0.25, -0.2) is 13.5 Å². The molecule has 0 aliphatic carbocycles. The molecule has 25 heavy (non-hydrogen) atoms. The highest BCUT2D eigenvalue weighted by Crippen LogP contribution is 2.18. The van der Waals surface area contributed by atoms with Gasteiger partial charge in [-0.3, -0.25) is 4.79 Å². The highest BCUT2D eigenvalue weighted by Gasteiger charge is 2.20. The van der Waals surface area contributed by atoms with E-state index in [2.05, 4.69) is 20.9 Å². The van der Waals surface area contributed by atoms with Gasteiger partial charge in [-0.15, -0.1) is 17.5 Å². The molecule has 0 saturated carbocycles. The van der Waals surface area contributed by atoms with Gasteiger partial charge in [-0.05, 0) is 50.6 Å². The number of nitrogens with one attached hydrogen (secondary N) is 2. The van der Waals surface area contributed by atoms with E-state index >= 15 is 0 Å². The Morgan fingerprint density at radius 3 is 2.72 bits per heavy atom. The third-order valence-corrected chi connectivity index (χ3v) is 4.22. The van der Waals surface area contributed by atoms with Gasteiger partial charge in [0.2, 0.25) is 0 Å². The minimum absolute atomic E-state index is 0. The van der Waals surface area contributed by atoms with Crippen molar-refractivity contribution >= 4 is 18.3 Å². The second-order valence-corrected chi connectivity index (χ2v) is 5.93. The highest BCUT2D eigenvalue weighted by atomic mass is 35.5. The molecule has 1 atom stereocenters. The molecule has 0 spiro atoms.